The Morgan fingerprint density at radius 3 is 2.77 bits per heavy atom. The molecule has 1 aromatic carbocycles. The summed E-state index contributed by atoms with van der Waals surface area (Å²) in [6.07, 6.45) is 11.5. The summed E-state index contributed by atoms with van der Waals surface area (Å²) in [5.41, 5.74) is 5.84. The predicted octanol–water partition coefficient (Wildman–Crippen LogP) is 5.10. The second-order valence-corrected chi connectivity index (χ2v) is 9.21. The molecule has 0 radical (unpaired) electrons. The Hall–Kier alpha value is -3.51. The Balaban J connectivity index is 2.11. The molecule has 1 saturated heterocycles. The average Bonchev–Trinajstić information content (AvgIpc) is 3.30. The molecule has 0 aliphatic carbocycles. The SMILES string of the molecule is C=C/C(=C\N(C)C)c1cccc(-c2ncc(C(/C=N\C)=C/C(=C)C)c(N3CCC(CCO)C3)n2)c1. The lowest BCUT2D eigenvalue weighted by Gasteiger charge is -2.22. The van der Waals surface area contributed by atoms with Crippen molar-refractivity contribution >= 4 is 23.2 Å². The number of hydrogen-bond donors (Lipinski definition) is 1. The number of aliphatic hydroxyl groups is 1. The summed E-state index contributed by atoms with van der Waals surface area (Å²) in [5.74, 6) is 2.02. The van der Waals surface area contributed by atoms with Gasteiger partial charge in [0.25, 0.3) is 0 Å². The number of benzene rings is 1. The minimum atomic E-state index is 0.211. The number of hydrogen-bond acceptors (Lipinski definition) is 6. The molecule has 1 aliphatic rings. The smallest absolute Gasteiger partial charge is 0.161 e. The van der Waals surface area contributed by atoms with Gasteiger partial charge in [0.2, 0.25) is 0 Å². The molecule has 1 aromatic heterocycles. The van der Waals surface area contributed by atoms with Crippen molar-refractivity contribution in [2.45, 2.75) is 19.8 Å². The summed E-state index contributed by atoms with van der Waals surface area (Å²) in [4.78, 5) is 18.4. The van der Waals surface area contributed by atoms with Crippen LogP contribution in [0.3, 0.4) is 0 Å². The van der Waals surface area contributed by atoms with Gasteiger partial charge >= 0.3 is 0 Å². The Morgan fingerprint density at radius 1 is 1.31 bits per heavy atom. The van der Waals surface area contributed by atoms with Gasteiger partial charge < -0.3 is 14.9 Å². The van der Waals surface area contributed by atoms with Gasteiger partial charge in [0.1, 0.15) is 5.82 Å². The van der Waals surface area contributed by atoms with E-state index in [2.05, 4.69) is 35.2 Å². The van der Waals surface area contributed by atoms with Crippen molar-refractivity contribution in [1.82, 2.24) is 14.9 Å². The fraction of sp³-hybridized carbons (Fsp3) is 0.345. The first-order chi connectivity index (χ1) is 16.9. The highest BCUT2D eigenvalue weighted by atomic mass is 16.3. The number of anilines is 1. The Morgan fingerprint density at radius 2 is 2.11 bits per heavy atom. The molecule has 2 aromatic rings. The molecule has 3 rings (SSSR count). The molecule has 1 atom stereocenters. The van der Waals surface area contributed by atoms with E-state index in [1.54, 1.807) is 7.05 Å². The van der Waals surface area contributed by atoms with Crippen LogP contribution in [0.15, 0.2) is 72.5 Å². The van der Waals surface area contributed by atoms with Crippen LogP contribution in [0.4, 0.5) is 5.82 Å². The average molecular weight is 472 g/mol. The Bertz CT molecular complexity index is 1150. The van der Waals surface area contributed by atoms with Gasteiger partial charge in [-0.25, -0.2) is 9.97 Å². The fourth-order valence-corrected chi connectivity index (χ4v) is 4.35. The van der Waals surface area contributed by atoms with E-state index in [0.717, 1.165) is 65.2 Å². The number of nitrogens with zero attached hydrogens (tertiary/aromatic N) is 5. The third-order valence-electron chi connectivity index (χ3n) is 5.94. The molecule has 0 saturated carbocycles. The maximum Gasteiger partial charge on any atom is 0.161 e. The van der Waals surface area contributed by atoms with Gasteiger partial charge in [0.05, 0.1) is 0 Å². The number of rotatable bonds is 10. The quantitative estimate of drug-likeness (QED) is 0.386. The molecule has 1 fully saturated rings. The largest absolute Gasteiger partial charge is 0.396 e. The van der Waals surface area contributed by atoms with Crippen LogP contribution in [0, 0.1) is 5.92 Å². The maximum atomic E-state index is 9.44. The van der Waals surface area contributed by atoms with Gasteiger partial charge in [-0.1, -0.05) is 49.1 Å². The molecule has 35 heavy (non-hydrogen) atoms. The summed E-state index contributed by atoms with van der Waals surface area (Å²) in [7, 11) is 5.76. The fourth-order valence-electron chi connectivity index (χ4n) is 4.35. The highest BCUT2D eigenvalue weighted by molar-refractivity contribution is 6.12. The van der Waals surface area contributed by atoms with Crippen molar-refractivity contribution in [3.63, 3.8) is 0 Å². The minimum absolute atomic E-state index is 0.211. The molecule has 6 heteroatoms. The molecule has 184 valence electrons. The highest BCUT2D eigenvalue weighted by Crippen LogP contribution is 2.32. The topological polar surface area (TPSA) is 64.9 Å². The highest BCUT2D eigenvalue weighted by Gasteiger charge is 2.26. The molecule has 0 amide bonds. The zero-order valence-corrected chi connectivity index (χ0v) is 21.4. The van der Waals surface area contributed by atoms with Crippen LogP contribution >= 0.6 is 0 Å². The molecular weight excluding hydrogens is 434 g/mol. The molecule has 2 heterocycles. The van der Waals surface area contributed by atoms with E-state index in [-0.39, 0.29) is 6.61 Å². The molecular formula is C29H37N5O. The van der Waals surface area contributed by atoms with E-state index in [1.165, 1.54) is 0 Å². The lowest BCUT2D eigenvalue weighted by atomic mass is 10.0. The lowest BCUT2D eigenvalue weighted by molar-refractivity contribution is 0.263. The summed E-state index contributed by atoms with van der Waals surface area (Å²) in [5, 5.41) is 9.44. The van der Waals surface area contributed by atoms with Gasteiger partial charge in [0, 0.05) is 76.2 Å². The van der Waals surface area contributed by atoms with Crippen molar-refractivity contribution in [3.05, 3.63) is 78.7 Å². The number of aromatic nitrogens is 2. The van der Waals surface area contributed by atoms with E-state index in [4.69, 9.17) is 9.97 Å². The maximum absolute atomic E-state index is 9.44. The van der Waals surface area contributed by atoms with Crippen molar-refractivity contribution in [1.29, 1.82) is 0 Å². The van der Waals surface area contributed by atoms with Gasteiger partial charge in [-0.15, -0.1) is 0 Å². The second-order valence-electron chi connectivity index (χ2n) is 9.21. The van der Waals surface area contributed by atoms with E-state index in [9.17, 15) is 5.11 Å². The zero-order chi connectivity index (χ0) is 25.4. The minimum Gasteiger partial charge on any atom is -0.396 e. The molecule has 1 unspecified atom stereocenters. The number of aliphatic hydroxyl groups excluding tert-OH is 1. The van der Waals surface area contributed by atoms with Crippen LogP contribution in [0.5, 0.6) is 0 Å². The molecule has 0 spiro atoms. The zero-order valence-electron chi connectivity index (χ0n) is 21.4. The monoisotopic (exact) mass is 471 g/mol. The van der Waals surface area contributed by atoms with Crippen LogP contribution in [0.1, 0.15) is 30.9 Å². The van der Waals surface area contributed by atoms with Gasteiger partial charge in [-0.05, 0) is 42.9 Å². The number of allylic oxidation sites excluding steroid dienone is 5. The van der Waals surface area contributed by atoms with Crippen molar-refractivity contribution in [2.75, 3.05) is 45.7 Å². The van der Waals surface area contributed by atoms with Crippen molar-refractivity contribution in [2.24, 2.45) is 10.9 Å². The molecule has 1 aliphatic heterocycles. The van der Waals surface area contributed by atoms with Crippen LogP contribution < -0.4 is 4.90 Å². The summed E-state index contributed by atoms with van der Waals surface area (Å²) in [6.45, 7) is 12.0. The summed E-state index contributed by atoms with van der Waals surface area (Å²) in [6, 6.07) is 8.24. The first-order valence-corrected chi connectivity index (χ1v) is 12.0. The standard InChI is InChI=1S/C29H37N5O/c1-7-23(20-33(5)6)24-9-8-10-25(16-24)28-31-18-27(26(17-30-4)15-21(2)3)29(32-28)34-13-11-22(19-34)12-14-35/h7-10,15-18,20,22,35H,1-2,11-14,19H2,3-6H3/b23-20+,26-15+,30-17-. The van der Waals surface area contributed by atoms with E-state index in [1.807, 2.05) is 68.8 Å². The van der Waals surface area contributed by atoms with E-state index >= 15 is 0 Å². The van der Waals surface area contributed by atoms with Gasteiger partial charge in [-0.3, -0.25) is 4.99 Å². The van der Waals surface area contributed by atoms with Gasteiger partial charge in [0.15, 0.2) is 5.82 Å². The van der Waals surface area contributed by atoms with Crippen molar-refractivity contribution < 1.29 is 5.11 Å². The van der Waals surface area contributed by atoms with Crippen molar-refractivity contribution in [3.8, 4) is 11.4 Å². The van der Waals surface area contributed by atoms with E-state index in [0.29, 0.717) is 11.7 Å². The first kappa shape index (κ1) is 26.1. The Kier molecular flexibility index (Phi) is 9.15. The lowest BCUT2D eigenvalue weighted by Crippen LogP contribution is -2.23. The summed E-state index contributed by atoms with van der Waals surface area (Å²) >= 11 is 0. The number of aliphatic imine (C=N–C) groups is 1. The third-order valence-corrected chi connectivity index (χ3v) is 5.94. The van der Waals surface area contributed by atoms with Crippen LogP contribution in [-0.4, -0.2) is 67.0 Å². The van der Waals surface area contributed by atoms with E-state index < -0.39 is 0 Å². The third kappa shape index (κ3) is 6.76. The summed E-state index contributed by atoms with van der Waals surface area (Å²) < 4.78 is 0. The first-order valence-electron chi connectivity index (χ1n) is 12.0. The molecule has 1 N–H and O–H groups in total. The molecule has 0 bridgehead atoms. The van der Waals surface area contributed by atoms with Crippen LogP contribution in [0.2, 0.25) is 0 Å². The predicted molar refractivity (Wildman–Crippen MR) is 149 cm³/mol. The van der Waals surface area contributed by atoms with Gasteiger partial charge in [-0.2, -0.15) is 0 Å². The second kappa shape index (κ2) is 12.3. The Labute approximate surface area is 209 Å². The van der Waals surface area contributed by atoms with Crippen LogP contribution in [0.25, 0.3) is 22.5 Å². The van der Waals surface area contributed by atoms with Crippen LogP contribution in [-0.2, 0) is 0 Å². The molecule has 6 nitrogen and oxygen atoms in total. The normalized spacial score (nSPS) is 16.7.